The molecule has 1 aliphatic rings. The zero-order chi connectivity index (χ0) is 24.2. The van der Waals surface area contributed by atoms with Crippen LogP contribution in [0.4, 0.5) is 17.1 Å². The fourth-order valence-electron chi connectivity index (χ4n) is 5.78. The van der Waals surface area contributed by atoms with Crippen LogP contribution in [0.15, 0.2) is 115 Å². The molecule has 35 heavy (non-hydrogen) atoms. The van der Waals surface area contributed by atoms with E-state index in [-0.39, 0.29) is 10.8 Å². The van der Waals surface area contributed by atoms with Gasteiger partial charge in [0.15, 0.2) is 0 Å². The predicted octanol–water partition coefficient (Wildman–Crippen LogP) is 9.55. The van der Waals surface area contributed by atoms with Gasteiger partial charge in [0.05, 0.1) is 5.69 Å². The van der Waals surface area contributed by atoms with Crippen LogP contribution in [0, 0.1) is 0 Å². The van der Waals surface area contributed by atoms with Crippen LogP contribution in [-0.2, 0) is 10.8 Å². The highest BCUT2D eigenvalue weighted by Crippen LogP contribution is 2.54. The van der Waals surface area contributed by atoms with Gasteiger partial charge in [0.25, 0.3) is 0 Å². The fraction of sp³-hybridized carbons (Fsp3) is 0.176. The lowest BCUT2D eigenvalue weighted by atomic mass is 9.55. The van der Waals surface area contributed by atoms with Crippen molar-refractivity contribution in [3.05, 3.63) is 126 Å². The van der Waals surface area contributed by atoms with Crippen molar-refractivity contribution < 1.29 is 0 Å². The number of nitrogens with zero attached hydrogens (tertiary/aromatic N) is 1. The molecule has 0 radical (unpaired) electrons. The summed E-state index contributed by atoms with van der Waals surface area (Å²) in [6.07, 6.45) is 0. The van der Waals surface area contributed by atoms with Crippen LogP contribution < -0.4 is 4.90 Å². The Hall–Kier alpha value is -3.84. The van der Waals surface area contributed by atoms with Gasteiger partial charge in [-0.25, -0.2) is 0 Å². The lowest BCUT2D eigenvalue weighted by Gasteiger charge is -2.48. The first kappa shape index (κ1) is 21.7. The molecule has 0 saturated heterocycles. The highest BCUT2D eigenvalue weighted by Gasteiger charge is 2.45. The Morgan fingerprint density at radius 2 is 1.11 bits per heavy atom. The average Bonchev–Trinajstić information content (AvgIpc) is 2.89. The van der Waals surface area contributed by atoms with Gasteiger partial charge in [-0.1, -0.05) is 113 Å². The molecule has 0 unspecified atom stereocenters. The summed E-state index contributed by atoms with van der Waals surface area (Å²) in [5.41, 5.74) is 9.09. The first-order valence-corrected chi connectivity index (χ1v) is 12.5. The van der Waals surface area contributed by atoms with Crippen LogP contribution in [0.1, 0.15) is 38.8 Å². The number of fused-ring (bicyclic) bond motifs is 4. The summed E-state index contributed by atoms with van der Waals surface area (Å²) in [4.78, 5) is 2.40. The number of rotatable bonds is 3. The minimum Gasteiger partial charge on any atom is -0.310 e. The lowest BCUT2D eigenvalue weighted by molar-refractivity contribution is 0.299. The Morgan fingerprint density at radius 3 is 1.91 bits per heavy atom. The maximum Gasteiger partial charge on any atom is 0.0540 e. The maximum atomic E-state index is 2.40. The molecule has 0 saturated carbocycles. The van der Waals surface area contributed by atoms with Crippen LogP contribution >= 0.6 is 0 Å². The molecule has 172 valence electrons. The van der Waals surface area contributed by atoms with Gasteiger partial charge in [-0.05, 0) is 68.8 Å². The molecule has 0 N–H and O–H groups in total. The molecule has 1 nitrogen and oxygen atoms in total. The third kappa shape index (κ3) is 3.22. The van der Waals surface area contributed by atoms with Gasteiger partial charge in [-0.3, -0.25) is 0 Å². The Bertz CT molecular complexity index is 1540. The van der Waals surface area contributed by atoms with E-state index in [1.807, 2.05) is 0 Å². The standard InChI is InChI=1S/C34H31N/c1-33(2)30-19-11-10-18-28(30)29-23-26(21-22-31(29)34(33,3)4)35(25-15-6-5-7-16-25)32-20-12-14-24-13-8-9-17-27(24)32/h5-23H,1-4H3. The van der Waals surface area contributed by atoms with Gasteiger partial charge in [-0.15, -0.1) is 0 Å². The predicted molar refractivity (Wildman–Crippen MR) is 150 cm³/mol. The Labute approximate surface area is 208 Å². The molecular weight excluding hydrogens is 422 g/mol. The van der Waals surface area contributed by atoms with Crippen LogP contribution in [0.3, 0.4) is 0 Å². The monoisotopic (exact) mass is 453 g/mol. The second-order valence-electron chi connectivity index (χ2n) is 10.7. The first-order chi connectivity index (χ1) is 16.9. The number of anilines is 3. The van der Waals surface area contributed by atoms with Crippen molar-refractivity contribution in [2.75, 3.05) is 4.90 Å². The van der Waals surface area contributed by atoms with Crippen molar-refractivity contribution >= 4 is 27.8 Å². The van der Waals surface area contributed by atoms with Gasteiger partial charge in [0.2, 0.25) is 0 Å². The maximum absolute atomic E-state index is 2.40. The average molecular weight is 454 g/mol. The second-order valence-corrected chi connectivity index (χ2v) is 10.7. The van der Waals surface area contributed by atoms with Crippen LogP contribution in [-0.4, -0.2) is 0 Å². The van der Waals surface area contributed by atoms with Gasteiger partial charge in [0.1, 0.15) is 0 Å². The van der Waals surface area contributed by atoms with E-state index >= 15 is 0 Å². The molecule has 0 amide bonds. The van der Waals surface area contributed by atoms with Crippen molar-refractivity contribution in [1.29, 1.82) is 0 Å². The summed E-state index contributed by atoms with van der Waals surface area (Å²) < 4.78 is 0. The van der Waals surface area contributed by atoms with Crippen LogP contribution in [0.2, 0.25) is 0 Å². The van der Waals surface area contributed by atoms with Crippen molar-refractivity contribution in [1.82, 2.24) is 0 Å². The van der Waals surface area contributed by atoms with Crippen molar-refractivity contribution in [2.45, 2.75) is 38.5 Å². The van der Waals surface area contributed by atoms with E-state index in [0.717, 1.165) is 5.69 Å². The highest BCUT2D eigenvalue weighted by atomic mass is 15.1. The highest BCUT2D eigenvalue weighted by molar-refractivity contribution is 5.99. The molecule has 6 rings (SSSR count). The Kier molecular flexibility index (Phi) is 4.86. The lowest BCUT2D eigenvalue weighted by Crippen LogP contribution is -2.43. The van der Waals surface area contributed by atoms with Gasteiger partial charge < -0.3 is 4.90 Å². The molecular formula is C34H31N. The van der Waals surface area contributed by atoms with E-state index in [1.54, 1.807) is 0 Å². The largest absolute Gasteiger partial charge is 0.310 e. The smallest absolute Gasteiger partial charge is 0.0540 e. The van der Waals surface area contributed by atoms with Crippen molar-refractivity contribution in [3.63, 3.8) is 0 Å². The van der Waals surface area contributed by atoms with Crippen molar-refractivity contribution in [3.8, 4) is 11.1 Å². The SMILES string of the molecule is CC1(C)c2ccccc2-c2cc(N(c3ccccc3)c3cccc4ccccc34)ccc2C1(C)C. The van der Waals surface area contributed by atoms with Gasteiger partial charge >= 0.3 is 0 Å². The summed E-state index contributed by atoms with van der Waals surface area (Å²) >= 11 is 0. The summed E-state index contributed by atoms with van der Waals surface area (Å²) in [6.45, 7) is 9.55. The number of benzene rings is 5. The van der Waals surface area contributed by atoms with E-state index < -0.39 is 0 Å². The quantitative estimate of drug-likeness (QED) is 0.263. The van der Waals surface area contributed by atoms with E-state index in [0.29, 0.717) is 0 Å². The minimum absolute atomic E-state index is 0.00619. The number of hydrogen-bond donors (Lipinski definition) is 0. The number of para-hydroxylation sites is 1. The zero-order valence-corrected chi connectivity index (χ0v) is 20.9. The molecule has 0 bridgehead atoms. The molecule has 5 aromatic rings. The molecule has 0 spiro atoms. The molecule has 0 atom stereocenters. The van der Waals surface area contributed by atoms with E-state index in [4.69, 9.17) is 0 Å². The Morgan fingerprint density at radius 1 is 0.486 bits per heavy atom. The fourth-order valence-corrected chi connectivity index (χ4v) is 5.78. The second kappa shape index (κ2) is 7.85. The van der Waals surface area contributed by atoms with Crippen LogP contribution in [0.5, 0.6) is 0 Å². The summed E-state index contributed by atoms with van der Waals surface area (Å²) in [6, 6.07) is 42.0. The summed E-state index contributed by atoms with van der Waals surface area (Å²) in [5.74, 6) is 0. The summed E-state index contributed by atoms with van der Waals surface area (Å²) in [5, 5.41) is 2.50. The molecule has 0 aromatic heterocycles. The number of hydrogen-bond acceptors (Lipinski definition) is 1. The molecule has 0 heterocycles. The van der Waals surface area contributed by atoms with E-state index in [1.165, 1.54) is 44.4 Å². The molecule has 1 aliphatic carbocycles. The minimum atomic E-state index is 0.00619. The third-order valence-electron chi connectivity index (χ3n) is 8.41. The molecule has 0 fully saturated rings. The van der Waals surface area contributed by atoms with E-state index in [2.05, 4.69) is 148 Å². The molecule has 1 heteroatoms. The third-order valence-corrected chi connectivity index (χ3v) is 8.41. The van der Waals surface area contributed by atoms with Crippen molar-refractivity contribution in [2.24, 2.45) is 0 Å². The van der Waals surface area contributed by atoms with Gasteiger partial charge in [-0.2, -0.15) is 0 Å². The molecule has 5 aromatic carbocycles. The van der Waals surface area contributed by atoms with E-state index in [9.17, 15) is 0 Å². The zero-order valence-electron chi connectivity index (χ0n) is 20.9. The molecule has 0 aliphatic heterocycles. The normalized spacial score (nSPS) is 15.3. The summed E-state index contributed by atoms with van der Waals surface area (Å²) in [7, 11) is 0. The van der Waals surface area contributed by atoms with Gasteiger partial charge in [0, 0.05) is 16.8 Å². The first-order valence-electron chi connectivity index (χ1n) is 12.5. The van der Waals surface area contributed by atoms with Crippen LogP contribution in [0.25, 0.3) is 21.9 Å². The topological polar surface area (TPSA) is 3.24 Å². The Balaban J connectivity index is 1.63.